The maximum atomic E-state index is 14.0. The highest BCUT2D eigenvalue weighted by Gasteiger charge is 2.41. The zero-order valence-corrected chi connectivity index (χ0v) is 28.5. The van der Waals surface area contributed by atoms with Crippen LogP contribution in [0.3, 0.4) is 0 Å². The van der Waals surface area contributed by atoms with Crippen LogP contribution in [-0.2, 0) is 11.2 Å². The van der Waals surface area contributed by atoms with Crippen LogP contribution in [0.15, 0.2) is 45.3 Å². The summed E-state index contributed by atoms with van der Waals surface area (Å²) in [6.45, 7) is 4.39. The molecule has 0 bridgehead atoms. The number of rotatable bonds is 6. The molecule has 12 heteroatoms. The van der Waals surface area contributed by atoms with Crippen molar-refractivity contribution in [2.45, 2.75) is 69.5 Å². The minimum absolute atomic E-state index is 0.0783. The number of nitrogens with zero attached hydrogens (tertiary/aromatic N) is 4. The first-order valence-electron chi connectivity index (χ1n) is 16.0. The lowest BCUT2D eigenvalue weighted by atomic mass is 9.98. The summed E-state index contributed by atoms with van der Waals surface area (Å²) in [5, 5.41) is 3.05. The average molecular weight is 745 g/mol. The van der Waals surface area contributed by atoms with Crippen molar-refractivity contribution in [1.29, 1.82) is 0 Å². The van der Waals surface area contributed by atoms with Crippen LogP contribution in [0.1, 0.15) is 71.2 Å². The number of fused-ring (bicyclic) bond motifs is 1. The third-order valence-corrected chi connectivity index (χ3v) is 11.1. The molecule has 3 fully saturated rings. The average Bonchev–Trinajstić information content (AvgIpc) is 3.32. The fourth-order valence-electron chi connectivity index (χ4n) is 7.25. The normalized spacial score (nSPS) is 20.8. The van der Waals surface area contributed by atoms with E-state index in [2.05, 4.69) is 42.1 Å². The van der Waals surface area contributed by atoms with Gasteiger partial charge in [-0.3, -0.25) is 19.3 Å². The first kappa shape index (κ1) is 32.0. The molecule has 2 aromatic rings. The maximum absolute atomic E-state index is 14.0. The van der Waals surface area contributed by atoms with E-state index in [-0.39, 0.29) is 29.8 Å². The molecule has 3 saturated heterocycles. The van der Waals surface area contributed by atoms with E-state index in [1.807, 2.05) is 17.0 Å². The molecule has 5 amide bonds. The minimum Gasteiger partial charge on any atom is -0.397 e. The SMILES string of the molecule is Nc1c(Br)cc(C[C@@H](NC(=O)N2CCC(N3C(=O)c4ccccc4C3=O)CC2)C(=O)N2CCC(N3CCCCC3)CC2)cc1Br. The number of halogens is 2. The molecule has 10 nitrogen and oxygen atoms in total. The Morgan fingerprint density at radius 1 is 0.800 bits per heavy atom. The van der Waals surface area contributed by atoms with Crippen molar-refractivity contribution in [1.82, 2.24) is 24.9 Å². The van der Waals surface area contributed by atoms with E-state index in [0.717, 1.165) is 40.4 Å². The van der Waals surface area contributed by atoms with E-state index in [9.17, 15) is 19.2 Å². The number of carbonyl (C=O) groups excluding carboxylic acids is 4. The molecule has 0 aliphatic carbocycles. The largest absolute Gasteiger partial charge is 0.397 e. The zero-order chi connectivity index (χ0) is 31.7. The smallest absolute Gasteiger partial charge is 0.318 e. The van der Waals surface area contributed by atoms with Crippen molar-refractivity contribution >= 4 is 61.3 Å². The summed E-state index contributed by atoms with van der Waals surface area (Å²) in [7, 11) is 0. The molecule has 0 radical (unpaired) electrons. The van der Waals surface area contributed by atoms with Crippen LogP contribution in [0.25, 0.3) is 0 Å². The molecule has 6 rings (SSSR count). The Kier molecular flexibility index (Phi) is 9.82. The predicted octanol–water partition coefficient (Wildman–Crippen LogP) is 4.65. The van der Waals surface area contributed by atoms with Gasteiger partial charge in [0.15, 0.2) is 0 Å². The number of amides is 5. The van der Waals surface area contributed by atoms with E-state index in [1.54, 1.807) is 29.2 Å². The second-order valence-corrected chi connectivity index (χ2v) is 14.3. The zero-order valence-electron chi connectivity index (χ0n) is 25.4. The number of hydrogen-bond donors (Lipinski definition) is 2. The Morgan fingerprint density at radius 3 is 1.91 bits per heavy atom. The third kappa shape index (κ3) is 6.78. The van der Waals surface area contributed by atoms with E-state index in [1.165, 1.54) is 24.2 Å². The van der Waals surface area contributed by atoms with Crippen molar-refractivity contribution < 1.29 is 19.2 Å². The lowest BCUT2D eigenvalue weighted by molar-refractivity contribution is -0.135. The Labute approximate surface area is 280 Å². The summed E-state index contributed by atoms with van der Waals surface area (Å²) < 4.78 is 1.45. The van der Waals surface area contributed by atoms with Crippen molar-refractivity contribution in [3.8, 4) is 0 Å². The van der Waals surface area contributed by atoms with Gasteiger partial charge in [-0.05, 0) is 113 Å². The second-order valence-electron chi connectivity index (χ2n) is 12.6. The van der Waals surface area contributed by atoms with E-state index in [0.29, 0.717) is 68.3 Å². The van der Waals surface area contributed by atoms with E-state index < -0.39 is 6.04 Å². The first-order valence-corrected chi connectivity index (χ1v) is 17.6. The van der Waals surface area contributed by atoms with Gasteiger partial charge >= 0.3 is 6.03 Å². The van der Waals surface area contributed by atoms with Gasteiger partial charge in [0, 0.05) is 53.6 Å². The van der Waals surface area contributed by atoms with Crippen LogP contribution in [-0.4, -0.2) is 101 Å². The van der Waals surface area contributed by atoms with Crippen molar-refractivity contribution in [3.63, 3.8) is 0 Å². The van der Waals surface area contributed by atoms with Gasteiger partial charge in [-0.25, -0.2) is 4.79 Å². The van der Waals surface area contributed by atoms with Crippen LogP contribution in [0.2, 0.25) is 0 Å². The Balaban J connectivity index is 1.11. The standard InChI is InChI=1S/C33H40Br2N6O4/c34-26-18-21(19-27(35)29(26)36)20-28(32(44)39-14-8-22(9-15-39)38-12-4-1-5-13-38)37-33(45)40-16-10-23(11-17-40)41-30(42)24-6-2-3-7-25(24)31(41)43/h2-3,6-7,18-19,22-23,28H,1,4-5,8-17,20,36H2,(H,37,45)/t28-/m1/s1. The highest BCUT2D eigenvalue weighted by atomic mass is 79.9. The van der Waals surface area contributed by atoms with Gasteiger partial charge in [0.1, 0.15) is 6.04 Å². The number of anilines is 1. The quantitative estimate of drug-likeness (QED) is 0.329. The number of imide groups is 1. The van der Waals surface area contributed by atoms with Gasteiger partial charge in [-0.2, -0.15) is 0 Å². The number of likely N-dealkylation sites (tertiary alicyclic amines) is 3. The molecular formula is C33H40Br2N6O4. The number of urea groups is 1. The number of carbonyl (C=O) groups is 4. The Bertz CT molecular complexity index is 1410. The summed E-state index contributed by atoms with van der Waals surface area (Å²) in [5.74, 6) is -0.617. The molecule has 45 heavy (non-hydrogen) atoms. The molecule has 0 aromatic heterocycles. The summed E-state index contributed by atoms with van der Waals surface area (Å²) in [5.41, 5.74) is 8.43. The van der Waals surface area contributed by atoms with Gasteiger partial charge in [0.25, 0.3) is 11.8 Å². The lowest BCUT2D eigenvalue weighted by Crippen LogP contribution is -2.57. The summed E-state index contributed by atoms with van der Waals surface area (Å²) in [4.78, 5) is 61.1. The van der Waals surface area contributed by atoms with Gasteiger partial charge < -0.3 is 25.8 Å². The van der Waals surface area contributed by atoms with Crippen LogP contribution >= 0.6 is 31.9 Å². The fraction of sp³-hybridized carbons (Fsp3) is 0.515. The monoisotopic (exact) mass is 742 g/mol. The predicted molar refractivity (Wildman–Crippen MR) is 179 cm³/mol. The molecule has 1 atom stereocenters. The number of benzene rings is 2. The topological polar surface area (TPSA) is 119 Å². The molecule has 0 spiro atoms. The highest BCUT2D eigenvalue weighted by molar-refractivity contribution is 9.11. The van der Waals surface area contributed by atoms with E-state index in [4.69, 9.17) is 5.73 Å². The highest BCUT2D eigenvalue weighted by Crippen LogP contribution is 2.31. The van der Waals surface area contributed by atoms with Crippen LogP contribution in [0.4, 0.5) is 10.5 Å². The van der Waals surface area contributed by atoms with Crippen molar-refractivity contribution in [2.24, 2.45) is 0 Å². The second kappa shape index (κ2) is 13.8. The summed E-state index contributed by atoms with van der Waals surface area (Å²) in [6, 6.07) is 9.84. The molecule has 0 unspecified atom stereocenters. The van der Waals surface area contributed by atoms with Crippen molar-refractivity contribution in [3.05, 3.63) is 62.0 Å². The Morgan fingerprint density at radius 2 is 1.33 bits per heavy atom. The number of piperidine rings is 3. The first-order chi connectivity index (χ1) is 21.7. The van der Waals surface area contributed by atoms with Gasteiger partial charge in [0.2, 0.25) is 5.91 Å². The van der Waals surface area contributed by atoms with Crippen LogP contribution < -0.4 is 11.1 Å². The van der Waals surface area contributed by atoms with E-state index >= 15 is 0 Å². The van der Waals surface area contributed by atoms with Gasteiger partial charge in [-0.15, -0.1) is 0 Å². The van der Waals surface area contributed by atoms with Gasteiger partial charge in [0.05, 0.1) is 16.8 Å². The summed E-state index contributed by atoms with van der Waals surface area (Å²) in [6.07, 6.45) is 6.96. The third-order valence-electron chi connectivity index (χ3n) is 9.80. The maximum Gasteiger partial charge on any atom is 0.318 e. The molecule has 240 valence electrons. The van der Waals surface area contributed by atoms with Gasteiger partial charge in [-0.1, -0.05) is 18.6 Å². The number of nitrogens with two attached hydrogens (primary N) is 1. The van der Waals surface area contributed by atoms with Crippen molar-refractivity contribution in [2.75, 3.05) is 45.0 Å². The molecule has 4 heterocycles. The Hall–Kier alpha value is -2.96. The minimum atomic E-state index is -0.750. The van der Waals surface area contributed by atoms with Crippen LogP contribution in [0.5, 0.6) is 0 Å². The summed E-state index contributed by atoms with van der Waals surface area (Å²) >= 11 is 7.01. The molecule has 0 saturated carbocycles. The van der Waals surface area contributed by atoms with Crippen LogP contribution in [0, 0.1) is 0 Å². The molecule has 4 aliphatic heterocycles. The number of nitrogens with one attached hydrogen (secondary N) is 1. The molecule has 2 aromatic carbocycles. The number of hydrogen-bond acceptors (Lipinski definition) is 6. The number of nitrogen functional groups attached to an aromatic ring is 1. The lowest BCUT2D eigenvalue weighted by Gasteiger charge is -2.41. The fourth-order valence-corrected chi connectivity index (χ4v) is 8.53. The molecular weight excluding hydrogens is 704 g/mol. The molecule has 4 aliphatic rings. The molecule has 3 N–H and O–H groups in total.